The summed E-state index contributed by atoms with van der Waals surface area (Å²) in [5.74, 6) is 0.875. The molecule has 0 atom stereocenters. The normalized spacial score (nSPS) is 22.3. The van der Waals surface area contributed by atoms with Crippen LogP contribution in [0.3, 0.4) is 0 Å². The van der Waals surface area contributed by atoms with Crippen molar-refractivity contribution >= 4 is 34.2 Å². The quantitative estimate of drug-likeness (QED) is 0.624. The minimum atomic E-state index is -0.281. The van der Waals surface area contributed by atoms with Gasteiger partial charge in [0.05, 0.1) is 22.1 Å². The molecule has 1 amide bonds. The maximum Gasteiger partial charge on any atom is 0.287 e. The van der Waals surface area contributed by atoms with Crippen molar-refractivity contribution in [3.8, 4) is 0 Å². The van der Waals surface area contributed by atoms with Gasteiger partial charge in [-0.05, 0) is 44.7 Å². The summed E-state index contributed by atoms with van der Waals surface area (Å²) < 4.78 is 11.7. The Balaban J connectivity index is 1.57. The number of halogens is 1. The van der Waals surface area contributed by atoms with Crippen molar-refractivity contribution in [1.29, 1.82) is 0 Å². The largest absolute Gasteiger partial charge is 0.450 e. The number of amides is 1. The molecule has 160 valence electrons. The second kappa shape index (κ2) is 7.20. The van der Waals surface area contributed by atoms with Crippen LogP contribution in [0, 0.1) is 0 Å². The summed E-state index contributed by atoms with van der Waals surface area (Å²) in [5, 5.41) is 11.5. The molecule has 1 aliphatic carbocycles. The fraction of sp³-hybridized carbons (Fsp3) is 0.522. The zero-order valence-electron chi connectivity index (χ0n) is 17.3. The van der Waals surface area contributed by atoms with Crippen LogP contribution in [0.2, 0.25) is 5.02 Å². The summed E-state index contributed by atoms with van der Waals surface area (Å²) in [6.07, 6.45) is 7.02. The number of fused-ring (bicyclic) bond motifs is 4. The number of hydrogen-bond acceptors (Lipinski definition) is 5. The molecule has 1 saturated heterocycles. The fourth-order valence-corrected chi connectivity index (χ4v) is 5.45. The first kappa shape index (κ1) is 19.8. The molecule has 0 unspecified atom stereocenters. The van der Waals surface area contributed by atoms with Crippen LogP contribution in [0.5, 0.6) is 0 Å². The molecule has 5 rings (SSSR count). The van der Waals surface area contributed by atoms with Crippen molar-refractivity contribution in [2.45, 2.75) is 62.9 Å². The third kappa shape index (κ3) is 3.26. The Morgan fingerprint density at radius 3 is 2.63 bits per heavy atom. The third-order valence-electron chi connectivity index (χ3n) is 6.85. The SMILES string of the molecule is C=C1Nc2c(Cl)cc3cc(C(=O)NC4(C)CCOCC4)oc3c2C2(CCCCC2)N1. The van der Waals surface area contributed by atoms with E-state index in [-0.39, 0.29) is 17.0 Å². The summed E-state index contributed by atoms with van der Waals surface area (Å²) in [7, 11) is 0. The average molecular weight is 430 g/mol. The first-order chi connectivity index (χ1) is 14.4. The van der Waals surface area contributed by atoms with E-state index in [1.165, 1.54) is 6.42 Å². The highest BCUT2D eigenvalue weighted by Gasteiger charge is 2.42. The average Bonchev–Trinajstić information content (AvgIpc) is 3.12. The first-order valence-electron chi connectivity index (χ1n) is 10.8. The zero-order chi connectivity index (χ0) is 20.9. The maximum atomic E-state index is 13.0. The fourth-order valence-electron chi connectivity index (χ4n) is 5.19. The van der Waals surface area contributed by atoms with Crippen LogP contribution in [0.4, 0.5) is 5.69 Å². The van der Waals surface area contributed by atoms with Crippen LogP contribution in [-0.4, -0.2) is 24.7 Å². The lowest BCUT2D eigenvalue weighted by Crippen LogP contribution is -2.49. The summed E-state index contributed by atoms with van der Waals surface area (Å²) >= 11 is 6.67. The number of hydrogen-bond donors (Lipinski definition) is 3. The molecule has 2 aromatic rings. The van der Waals surface area contributed by atoms with Gasteiger partial charge in [-0.15, -0.1) is 0 Å². The Bertz CT molecular complexity index is 1020. The number of furan rings is 1. The Hall–Kier alpha value is -2.18. The molecule has 1 aromatic carbocycles. The Morgan fingerprint density at radius 2 is 1.90 bits per heavy atom. The Labute approximate surface area is 181 Å². The van der Waals surface area contributed by atoms with Gasteiger partial charge in [0.2, 0.25) is 0 Å². The molecule has 3 heterocycles. The number of anilines is 1. The van der Waals surface area contributed by atoms with E-state index < -0.39 is 0 Å². The second-order valence-corrected chi connectivity index (χ2v) is 9.54. The van der Waals surface area contributed by atoms with E-state index >= 15 is 0 Å². The molecular formula is C23H28ClN3O3. The van der Waals surface area contributed by atoms with Crippen LogP contribution in [0.1, 0.15) is 68.0 Å². The van der Waals surface area contributed by atoms with E-state index in [1.54, 1.807) is 6.07 Å². The van der Waals surface area contributed by atoms with E-state index in [4.69, 9.17) is 20.8 Å². The summed E-state index contributed by atoms with van der Waals surface area (Å²) in [4.78, 5) is 13.0. The predicted octanol–water partition coefficient (Wildman–Crippen LogP) is 5.03. The maximum absolute atomic E-state index is 13.0. The van der Waals surface area contributed by atoms with E-state index in [1.807, 2.05) is 6.07 Å². The van der Waals surface area contributed by atoms with E-state index in [9.17, 15) is 4.79 Å². The lowest BCUT2D eigenvalue weighted by molar-refractivity contribution is 0.0415. The summed E-state index contributed by atoms with van der Waals surface area (Å²) in [5.41, 5.74) is 2.04. The molecule has 1 saturated carbocycles. The monoisotopic (exact) mass is 429 g/mol. The van der Waals surface area contributed by atoms with Crippen molar-refractivity contribution in [3.05, 3.63) is 40.9 Å². The number of ether oxygens (including phenoxy) is 1. The van der Waals surface area contributed by atoms with E-state index in [0.29, 0.717) is 24.0 Å². The van der Waals surface area contributed by atoms with Gasteiger partial charge in [0.1, 0.15) is 5.58 Å². The van der Waals surface area contributed by atoms with Gasteiger partial charge >= 0.3 is 0 Å². The lowest BCUT2D eigenvalue weighted by Gasteiger charge is -2.44. The lowest BCUT2D eigenvalue weighted by atomic mass is 9.74. The van der Waals surface area contributed by atoms with Crippen molar-refractivity contribution in [1.82, 2.24) is 10.6 Å². The van der Waals surface area contributed by atoms with Crippen LogP contribution in [0.15, 0.2) is 28.9 Å². The van der Waals surface area contributed by atoms with Crippen molar-refractivity contribution in [2.24, 2.45) is 0 Å². The standard InChI is InChI=1S/C23H28ClN3O3/c1-14-25-19-16(24)12-15-13-17(21(28)27-22(2)8-10-29-11-9-22)30-20(15)18(19)23(26-14)6-4-3-5-7-23/h12-13,25-26H,1,3-11H2,2H3,(H,27,28). The molecule has 30 heavy (non-hydrogen) atoms. The van der Waals surface area contributed by atoms with Gasteiger partial charge in [-0.1, -0.05) is 37.4 Å². The van der Waals surface area contributed by atoms with Crippen LogP contribution in [-0.2, 0) is 10.3 Å². The van der Waals surface area contributed by atoms with E-state index in [2.05, 4.69) is 29.5 Å². The number of rotatable bonds is 2. The van der Waals surface area contributed by atoms with Gasteiger partial charge in [0.15, 0.2) is 5.76 Å². The van der Waals surface area contributed by atoms with Gasteiger partial charge in [-0.2, -0.15) is 0 Å². The predicted molar refractivity (Wildman–Crippen MR) is 118 cm³/mol. The molecule has 1 spiro atoms. The van der Waals surface area contributed by atoms with Crippen LogP contribution >= 0.6 is 11.6 Å². The molecule has 2 fully saturated rings. The highest BCUT2D eigenvalue weighted by molar-refractivity contribution is 6.34. The summed E-state index contributed by atoms with van der Waals surface area (Å²) in [6.45, 7) is 7.48. The first-order valence-corrected chi connectivity index (χ1v) is 11.2. The van der Waals surface area contributed by atoms with Gasteiger partial charge in [0.25, 0.3) is 5.91 Å². The molecule has 0 radical (unpaired) electrons. The molecule has 7 heteroatoms. The van der Waals surface area contributed by atoms with Gasteiger partial charge in [-0.3, -0.25) is 4.79 Å². The molecule has 3 N–H and O–H groups in total. The molecule has 3 aliphatic rings. The molecule has 6 nitrogen and oxygen atoms in total. The number of benzene rings is 1. The van der Waals surface area contributed by atoms with Crippen LogP contribution in [0.25, 0.3) is 11.0 Å². The minimum Gasteiger partial charge on any atom is -0.450 e. The number of carbonyl (C=O) groups excluding carboxylic acids is 1. The van der Waals surface area contributed by atoms with Crippen molar-refractivity contribution in [2.75, 3.05) is 18.5 Å². The summed E-state index contributed by atoms with van der Waals surface area (Å²) in [6, 6.07) is 3.67. The Morgan fingerprint density at radius 1 is 1.17 bits per heavy atom. The zero-order valence-corrected chi connectivity index (χ0v) is 18.1. The van der Waals surface area contributed by atoms with Crippen molar-refractivity contribution < 1.29 is 13.9 Å². The molecular weight excluding hydrogens is 402 g/mol. The smallest absolute Gasteiger partial charge is 0.287 e. The third-order valence-corrected chi connectivity index (χ3v) is 7.14. The van der Waals surface area contributed by atoms with Crippen LogP contribution < -0.4 is 16.0 Å². The highest BCUT2D eigenvalue weighted by Crippen LogP contribution is 2.49. The topological polar surface area (TPSA) is 75.5 Å². The Kier molecular flexibility index (Phi) is 4.75. The van der Waals surface area contributed by atoms with Gasteiger partial charge in [0, 0.05) is 29.7 Å². The molecule has 2 aliphatic heterocycles. The molecule has 1 aromatic heterocycles. The minimum absolute atomic E-state index is 0.195. The van der Waals surface area contributed by atoms with Gasteiger partial charge < -0.3 is 25.1 Å². The van der Waals surface area contributed by atoms with Crippen molar-refractivity contribution in [3.63, 3.8) is 0 Å². The molecule has 0 bridgehead atoms. The number of carbonyl (C=O) groups is 1. The number of nitrogens with one attached hydrogen (secondary N) is 3. The highest BCUT2D eigenvalue weighted by atomic mass is 35.5. The second-order valence-electron chi connectivity index (χ2n) is 9.14. The van der Waals surface area contributed by atoms with E-state index in [0.717, 1.165) is 66.6 Å². The van der Waals surface area contributed by atoms with Gasteiger partial charge in [-0.25, -0.2) is 0 Å².